The van der Waals surface area contributed by atoms with Crippen LogP contribution in [-0.2, 0) is 11.3 Å². The SMILES string of the molecule is CN1CC2(CCNCC2)CC1C(=O)NCc1nc(-c2ccccc2)n[nH]1.Cl.Cl. The highest BCUT2D eigenvalue weighted by Gasteiger charge is 2.45. The molecule has 1 atom stereocenters. The third-order valence-electron chi connectivity index (χ3n) is 5.70. The molecule has 1 aromatic heterocycles. The number of nitrogens with zero attached hydrogens (tertiary/aromatic N) is 3. The fourth-order valence-corrected chi connectivity index (χ4v) is 4.26. The van der Waals surface area contributed by atoms with Gasteiger partial charge < -0.3 is 10.6 Å². The van der Waals surface area contributed by atoms with E-state index in [9.17, 15) is 4.79 Å². The number of halogens is 2. The zero-order valence-corrected chi connectivity index (χ0v) is 17.6. The van der Waals surface area contributed by atoms with E-state index in [-0.39, 0.29) is 36.8 Å². The number of hydrogen-bond donors (Lipinski definition) is 3. The Balaban J connectivity index is 0.00000140. The largest absolute Gasteiger partial charge is 0.347 e. The van der Waals surface area contributed by atoms with Crippen molar-refractivity contribution in [2.75, 3.05) is 26.7 Å². The number of likely N-dealkylation sites (tertiary alicyclic amines) is 1. The number of aromatic amines is 1. The molecule has 1 spiro atoms. The monoisotopic (exact) mass is 426 g/mol. The van der Waals surface area contributed by atoms with E-state index in [4.69, 9.17) is 0 Å². The molecule has 2 saturated heterocycles. The highest BCUT2D eigenvalue weighted by atomic mass is 35.5. The standard InChI is InChI=1S/C19H26N6O.2ClH/c1-25-13-19(7-9-20-10-8-19)11-15(25)18(26)21-12-16-22-17(24-23-16)14-5-3-2-4-6-14;;/h2-6,15,20H,7-13H2,1H3,(H,21,26)(H,22,23,24);2*1H. The summed E-state index contributed by atoms with van der Waals surface area (Å²) in [7, 11) is 2.06. The van der Waals surface area contributed by atoms with Crippen molar-refractivity contribution in [1.82, 2.24) is 30.7 Å². The maximum atomic E-state index is 12.7. The van der Waals surface area contributed by atoms with Crippen molar-refractivity contribution in [3.05, 3.63) is 36.2 Å². The number of benzene rings is 1. The van der Waals surface area contributed by atoms with Crippen molar-refractivity contribution < 1.29 is 4.79 Å². The van der Waals surface area contributed by atoms with Gasteiger partial charge in [-0.3, -0.25) is 14.8 Å². The topological polar surface area (TPSA) is 85.9 Å². The molecule has 2 aliphatic heterocycles. The van der Waals surface area contributed by atoms with Crippen LogP contribution in [0.4, 0.5) is 0 Å². The maximum Gasteiger partial charge on any atom is 0.237 e. The molecule has 0 radical (unpaired) electrons. The predicted molar refractivity (Wildman–Crippen MR) is 114 cm³/mol. The van der Waals surface area contributed by atoms with Gasteiger partial charge in [0.1, 0.15) is 5.82 Å². The number of nitrogens with one attached hydrogen (secondary N) is 3. The number of hydrogen-bond acceptors (Lipinski definition) is 5. The van der Waals surface area contributed by atoms with Gasteiger partial charge in [0, 0.05) is 12.1 Å². The maximum absolute atomic E-state index is 12.7. The van der Waals surface area contributed by atoms with Crippen molar-refractivity contribution in [3.8, 4) is 11.4 Å². The smallest absolute Gasteiger partial charge is 0.237 e. The lowest BCUT2D eigenvalue weighted by Crippen LogP contribution is -2.41. The Kier molecular flexibility index (Phi) is 7.83. The lowest BCUT2D eigenvalue weighted by molar-refractivity contribution is -0.125. The van der Waals surface area contributed by atoms with Gasteiger partial charge in [0.05, 0.1) is 12.6 Å². The van der Waals surface area contributed by atoms with Crippen LogP contribution < -0.4 is 10.6 Å². The van der Waals surface area contributed by atoms with E-state index in [0.29, 0.717) is 23.6 Å². The second-order valence-corrected chi connectivity index (χ2v) is 7.57. The number of carbonyl (C=O) groups is 1. The van der Waals surface area contributed by atoms with Crippen molar-refractivity contribution in [2.45, 2.75) is 31.8 Å². The van der Waals surface area contributed by atoms with Gasteiger partial charge in [-0.15, -0.1) is 24.8 Å². The lowest BCUT2D eigenvalue weighted by Gasteiger charge is -2.33. The summed E-state index contributed by atoms with van der Waals surface area (Å²) < 4.78 is 0. The molecule has 3 heterocycles. The summed E-state index contributed by atoms with van der Waals surface area (Å²) in [6, 6.07) is 9.77. The van der Waals surface area contributed by atoms with Crippen LogP contribution >= 0.6 is 24.8 Å². The van der Waals surface area contributed by atoms with Crippen molar-refractivity contribution in [3.63, 3.8) is 0 Å². The number of rotatable bonds is 4. The third-order valence-corrected chi connectivity index (χ3v) is 5.70. The Morgan fingerprint density at radius 2 is 1.96 bits per heavy atom. The molecule has 0 bridgehead atoms. The zero-order valence-electron chi connectivity index (χ0n) is 16.0. The van der Waals surface area contributed by atoms with Crippen LogP contribution in [0.2, 0.25) is 0 Å². The van der Waals surface area contributed by atoms with Crippen LogP contribution in [0.3, 0.4) is 0 Å². The molecule has 9 heteroatoms. The predicted octanol–water partition coefficient (Wildman–Crippen LogP) is 2.01. The molecule has 1 aromatic carbocycles. The van der Waals surface area contributed by atoms with Crippen LogP contribution in [0.15, 0.2) is 30.3 Å². The van der Waals surface area contributed by atoms with E-state index in [2.05, 4.69) is 37.8 Å². The molecule has 1 unspecified atom stereocenters. The normalized spacial score (nSPS) is 21.0. The number of likely N-dealkylation sites (N-methyl/N-ethyl adjacent to an activating group) is 1. The first-order valence-electron chi connectivity index (χ1n) is 9.31. The lowest BCUT2D eigenvalue weighted by atomic mass is 9.77. The molecule has 1 amide bonds. The Morgan fingerprint density at radius 1 is 1.25 bits per heavy atom. The van der Waals surface area contributed by atoms with Crippen molar-refractivity contribution in [2.24, 2.45) is 5.41 Å². The van der Waals surface area contributed by atoms with Crippen LogP contribution in [0.5, 0.6) is 0 Å². The van der Waals surface area contributed by atoms with E-state index in [1.165, 1.54) is 0 Å². The first kappa shape index (κ1) is 22.6. The molecule has 7 nitrogen and oxygen atoms in total. The highest BCUT2D eigenvalue weighted by Crippen LogP contribution is 2.41. The fraction of sp³-hybridized carbons (Fsp3) is 0.526. The number of carbonyl (C=O) groups excluding carboxylic acids is 1. The first-order chi connectivity index (χ1) is 12.7. The minimum absolute atomic E-state index is 0. The molecule has 154 valence electrons. The quantitative estimate of drug-likeness (QED) is 0.695. The van der Waals surface area contributed by atoms with Gasteiger partial charge in [0.15, 0.2) is 5.82 Å². The zero-order chi connectivity index (χ0) is 18.0. The molecule has 2 fully saturated rings. The molecule has 4 rings (SSSR count). The molecule has 28 heavy (non-hydrogen) atoms. The van der Waals surface area contributed by atoms with E-state index in [1.54, 1.807) is 0 Å². The number of amides is 1. The van der Waals surface area contributed by atoms with Gasteiger partial charge in [-0.25, -0.2) is 4.98 Å². The van der Waals surface area contributed by atoms with Crippen molar-refractivity contribution >= 4 is 30.7 Å². The van der Waals surface area contributed by atoms with Gasteiger partial charge in [-0.2, -0.15) is 5.10 Å². The molecule has 2 aliphatic rings. The average Bonchev–Trinajstić information content (AvgIpc) is 3.26. The second-order valence-electron chi connectivity index (χ2n) is 7.57. The van der Waals surface area contributed by atoms with Gasteiger partial charge in [-0.1, -0.05) is 30.3 Å². The Morgan fingerprint density at radius 3 is 2.68 bits per heavy atom. The second kappa shape index (κ2) is 9.69. The number of H-pyrrole nitrogens is 1. The molecule has 3 N–H and O–H groups in total. The van der Waals surface area contributed by atoms with Crippen LogP contribution in [0.1, 0.15) is 25.1 Å². The van der Waals surface area contributed by atoms with Gasteiger partial charge >= 0.3 is 0 Å². The van der Waals surface area contributed by atoms with E-state index < -0.39 is 0 Å². The Hall–Kier alpha value is -1.67. The van der Waals surface area contributed by atoms with Gasteiger partial charge in [-0.05, 0) is 44.8 Å². The summed E-state index contributed by atoms with van der Waals surface area (Å²) >= 11 is 0. The minimum Gasteiger partial charge on any atom is -0.347 e. The third kappa shape index (κ3) is 4.84. The number of piperidine rings is 1. The Labute approximate surface area is 177 Å². The molecular weight excluding hydrogens is 399 g/mol. The van der Waals surface area contributed by atoms with Crippen LogP contribution in [-0.4, -0.2) is 58.7 Å². The van der Waals surface area contributed by atoms with Crippen molar-refractivity contribution in [1.29, 1.82) is 0 Å². The first-order valence-corrected chi connectivity index (χ1v) is 9.31. The van der Waals surface area contributed by atoms with Gasteiger partial charge in [0.2, 0.25) is 5.91 Å². The summed E-state index contributed by atoms with van der Waals surface area (Å²) in [6.07, 6.45) is 3.26. The Bertz CT molecular complexity index is 763. The van der Waals surface area contributed by atoms with Gasteiger partial charge in [0.25, 0.3) is 0 Å². The number of aromatic nitrogens is 3. The summed E-state index contributed by atoms with van der Waals surface area (Å²) in [4.78, 5) is 19.4. The summed E-state index contributed by atoms with van der Waals surface area (Å²) in [5.74, 6) is 1.41. The van der Waals surface area contributed by atoms with E-state index in [0.717, 1.165) is 44.5 Å². The molecule has 0 aliphatic carbocycles. The molecule has 2 aromatic rings. The minimum atomic E-state index is -0.0513. The van der Waals surface area contributed by atoms with E-state index >= 15 is 0 Å². The average molecular weight is 427 g/mol. The van der Waals surface area contributed by atoms with Crippen LogP contribution in [0, 0.1) is 5.41 Å². The van der Waals surface area contributed by atoms with Crippen LogP contribution in [0.25, 0.3) is 11.4 Å². The molecule has 0 saturated carbocycles. The summed E-state index contributed by atoms with van der Waals surface area (Å²) in [5.41, 5.74) is 1.26. The summed E-state index contributed by atoms with van der Waals surface area (Å²) in [6.45, 7) is 3.50. The summed E-state index contributed by atoms with van der Waals surface area (Å²) in [5, 5.41) is 13.6. The fourth-order valence-electron chi connectivity index (χ4n) is 4.26. The van der Waals surface area contributed by atoms with E-state index in [1.807, 2.05) is 30.3 Å². The molecular formula is C19H28Cl2N6O. The highest BCUT2D eigenvalue weighted by molar-refractivity contribution is 5.85.